The molecule has 0 aliphatic heterocycles. The number of ketones is 1. The lowest BCUT2D eigenvalue weighted by Crippen LogP contribution is -2.19. The highest BCUT2D eigenvalue weighted by Crippen LogP contribution is 2.10. The van der Waals surface area contributed by atoms with Crippen molar-refractivity contribution in [2.24, 2.45) is 0 Å². The SMILES string of the molecule is CNCC(=O)c1cnc2c(F)cccn12. The average molecular weight is 207 g/mol. The number of hydrogen-bond donors (Lipinski definition) is 1. The quantitative estimate of drug-likeness (QED) is 0.760. The highest BCUT2D eigenvalue weighted by atomic mass is 19.1. The van der Waals surface area contributed by atoms with E-state index in [9.17, 15) is 9.18 Å². The standard InChI is InChI=1S/C10H10FN3O/c1-12-6-9(15)8-5-13-10-7(11)3-2-4-14(8)10/h2-5,12H,6H2,1H3. The van der Waals surface area contributed by atoms with Crippen LogP contribution in [0.5, 0.6) is 0 Å². The van der Waals surface area contributed by atoms with Crippen molar-refractivity contribution < 1.29 is 9.18 Å². The number of aromatic nitrogens is 2. The molecule has 0 saturated carbocycles. The maximum absolute atomic E-state index is 13.2. The van der Waals surface area contributed by atoms with Gasteiger partial charge in [0.15, 0.2) is 17.2 Å². The van der Waals surface area contributed by atoms with E-state index in [-0.39, 0.29) is 18.0 Å². The van der Waals surface area contributed by atoms with Crippen molar-refractivity contribution in [3.63, 3.8) is 0 Å². The molecule has 2 aromatic rings. The molecular weight excluding hydrogens is 197 g/mol. The molecule has 15 heavy (non-hydrogen) atoms. The Morgan fingerprint density at radius 3 is 3.20 bits per heavy atom. The molecular formula is C10H10FN3O. The predicted molar refractivity (Wildman–Crippen MR) is 53.4 cm³/mol. The molecule has 0 amide bonds. The second-order valence-electron chi connectivity index (χ2n) is 3.15. The monoisotopic (exact) mass is 207 g/mol. The van der Waals surface area contributed by atoms with Gasteiger partial charge in [0.25, 0.3) is 0 Å². The van der Waals surface area contributed by atoms with E-state index in [0.29, 0.717) is 5.69 Å². The fraction of sp³-hybridized carbons (Fsp3) is 0.200. The number of rotatable bonds is 3. The number of hydrogen-bond acceptors (Lipinski definition) is 3. The summed E-state index contributed by atoms with van der Waals surface area (Å²) in [7, 11) is 1.68. The van der Waals surface area contributed by atoms with Crippen molar-refractivity contribution in [3.05, 3.63) is 36.0 Å². The molecule has 2 aromatic heterocycles. The summed E-state index contributed by atoms with van der Waals surface area (Å²) in [4.78, 5) is 15.4. The summed E-state index contributed by atoms with van der Waals surface area (Å²) in [6, 6.07) is 2.86. The molecule has 4 nitrogen and oxygen atoms in total. The van der Waals surface area contributed by atoms with Crippen LogP contribution < -0.4 is 5.32 Å². The molecule has 0 radical (unpaired) electrons. The summed E-state index contributed by atoms with van der Waals surface area (Å²) in [6.07, 6.45) is 3.01. The van der Waals surface area contributed by atoms with E-state index in [1.54, 1.807) is 19.3 Å². The largest absolute Gasteiger partial charge is 0.313 e. The second-order valence-corrected chi connectivity index (χ2v) is 3.15. The van der Waals surface area contributed by atoms with Gasteiger partial charge in [-0.25, -0.2) is 9.37 Å². The van der Waals surface area contributed by atoms with Crippen molar-refractivity contribution >= 4 is 11.4 Å². The first-order chi connectivity index (χ1) is 7.24. The van der Waals surface area contributed by atoms with Gasteiger partial charge in [-0.15, -0.1) is 0 Å². The number of fused-ring (bicyclic) bond motifs is 1. The van der Waals surface area contributed by atoms with Crippen LogP contribution in [-0.4, -0.2) is 28.8 Å². The Kier molecular flexibility index (Phi) is 2.47. The lowest BCUT2D eigenvalue weighted by Gasteiger charge is -2.00. The molecule has 0 bridgehead atoms. The third-order valence-electron chi connectivity index (χ3n) is 2.11. The summed E-state index contributed by atoms with van der Waals surface area (Å²) < 4.78 is 14.7. The Balaban J connectivity index is 2.54. The molecule has 0 saturated heterocycles. The van der Waals surface area contributed by atoms with E-state index >= 15 is 0 Å². The maximum atomic E-state index is 13.2. The third kappa shape index (κ3) is 1.61. The molecule has 78 valence electrons. The fourth-order valence-electron chi connectivity index (χ4n) is 1.43. The van der Waals surface area contributed by atoms with Gasteiger partial charge in [-0.3, -0.25) is 9.20 Å². The molecule has 0 fully saturated rings. The topological polar surface area (TPSA) is 46.4 Å². The van der Waals surface area contributed by atoms with Crippen molar-refractivity contribution in [2.75, 3.05) is 13.6 Å². The van der Waals surface area contributed by atoms with Gasteiger partial charge in [-0.1, -0.05) is 0 Å². The second kappa shape index (κ2) is 3.78. The Bertz CT molecular complexity index is 506. The maximum Gasteiger partial charge on any atom is 0.194 e. The number of halogens is 1. The Morgan fingerprint density at radius 2 is 2.47 bits per heavy atom. The van der Waals surface area contributed by atoms with Crippen molar-refractivity contribution in [1.29, 1.82) is 0 Å². The predicted octanol–water partition coefficient (Wildman–Crippen LogP) is 0.876. The van der Waals surface area contributed by atoms with Crippen LogP contribution in [0.1, 0.15) is 10.5 Å². The van der Waals surface area contributed by atoms with E-state index in [4.69, 9.17) is 0 Å². The van der Waals surface area contributed by atoms with E-state index < -0.39 is 5.82 Å². The number of likely N-dealkylation sites (N-methyl/N-ethyl adjacent to an activating group) is 1. The van der Waals surface area contributed by atoms with Crippen LogP contribution >= 0.6 is 0 Å². The Labute approximate surface area is 85.7 Å². The lowest BCUT2D eigenvalue weighted by atomic mass is 10.3. The van der Waals surface area contributed by atoms with Crippen LogP contribution in [0.4, 0.5) is 4.39 Å². The van der Waals surface area contributed by atoms with Crippen molar-refractivity contribution in [2.45, 2.75) is 0 Å². The Hall–Kier alpha value is -1.75. The van der Waals surface area contributed by atoms with Crippen LogP contribution in [0.2, 0.25) is 0 Å². The first kappa shape index (κ1) is 9.79. The summed E-state index contributed by atoms with van der Waals surface area (Å²) in [5, 5.41) is 2.75. The van der Waals surface area contributed by atoms with Gasteiger partial charge in [0.1, 0.15) is 5.69 Å². The number of carbonyl (C=O) groups excluding carboxylic acids is 1. The summed E-state index contributed by atoms with van der Waals surface area (Å²) in [5.41, 5.74) is 0.566. The zero-order valence-electron chi connectivity index (χ0n) is 8.20. The van der Waals surface area contributed by atoms with Gasteiger partial charge in [-0.05, 0) is 19.2 Å². The summed E-state index contributed by atoms with van der Waals surface area (Å²) in [5.74, 6) is -0.545. The molecule has 2 heterocycles. The minimum Gasteiger partial charge on any atom is -0.313 e. The summed E-state index contributed by atoms with van der Waals surface area (Å²) in [6.45, 7) is 0.213. The number of nitrogens with zero attached hydrogens (tertiary/aromatic N) is 2. The van der Waals surface area contributed by atoms with Gasteiger partial charge in [0.05, 0.1) is 12.7 Å². The highest BCUT2D eigenvalue weighted by molar-refractivity contribution is 5.96. The van der Waals surface area contributed by atoms with Crippen LogP contribution in [0.3, 0.4) is 0 Å². The molecule has 0 aliphatic rings. The molecule has 0 unspecified atom stereocenters. The third-order valence-corrected chi connectivity index (χ3v) is 2.11. The Morgan fingerprint density at radius 1 is 1.67 bits per heavy atom. The normalized spacial score (nSPS) is 10.8. The number of Topliss-reactive ketones (excluding diaryl/α,β-unsaturated/α-hetero) is 1. The van der Waals surface area contributed by atoms with Crippen molar-refractivity contribution in [1.82, 2.24) is 14.7 Å². The zero-order chi connectivity index (χ0) is 10.8. The number of imidazole rings is 1. The molecule has 0 atom stereocenters. The zero-order valence-corrected chi connectivity index (χ0v) is 8.20. The minimum atomic E-state index is -0.430. The average Bonchev–Trinajstić information content (AvgIpc) is 2.63. The van der Waals surface area contributed by atoms with E-state index in [0.717, 1.165) is 0 Å². The van der Waals surface area contributed by atoms with Crippen molar-refractivity contribution in [3.8, 4) is 0 Å². The van der Waals surface area contributed by atoms with Gasteiger partial charge < -0.3 is 5.32 Å². The molecule has 2 rings (SSSR count). The number of carbonyl (C=O) groups is 1. The molecule has 1 N–H and O–H groups in total. The van der Waals surface area contributed by atoms with Gasteiger partial charge >= 0.3 is 0 Å². The van der Waals surface area contributed by atoms with Gasteiger partial charge in [-0.2, -0.15) is 0 Å². The van der Waals surface area contributed by atoms with Crippen LogP contribution in [0, 0.1) is 5.82 Å². The van der Waals surface area contributed by atoms with E-state index in [1.807, 2.05) is 0 Å². The van der Waals surface area contributed by atoms with Crippen LogP contribution in [-0.2, 0) is 0 Å². The van der Waals surface area contributed by atoms with Gasteiger partial charge in [0.2, 0.25) is 0 Å². The molecule has 0 spiro atoms. The number of pyridine rings is 1. The molecule has 5 heteroatoms. The fourth-order valence-corrected chi connectivity index (χ4v) is 1.43. The first-order valence-corrected chi connectivity index (χ1v) is 4.53. The van der Waals surface area contributed by atoms with Gasteiger partial charge in [0, 0.05) is 6.20 Å². The first-order valence-electron chi connectivity index (χ1n) is 4.53. The van der Waals surface area contributed by atoms with Crippen LogP contribution in [0.15, 0.2) is 24.5 Å². The van der Waals surface area contributed by atoms with Crippen LogP contribution in [0.25, 0.3) is 5.65 Å². The highest BCUT2D eigenvalue weighted by Gasteiger charge is 2.12. The summed E-state index contributed by atoms with van der Waals surface area (Å²) >= 11 is 0. The minimum absolute atomic E-state index is 0.115. The molecule has 0 aliphatic carbocycles. The lowest BCUT2D eigenvalue weighted by molar-refractivity contribution is 0.0988. The van der Waals surface area contributed by atoms with E-state index in [2.05, 4.69) is 10.3 Å². The smallest absolute Gasteiger partial charge is 0.194 e. The number of nitrogens with one attached hydrogen (secondary N) is 1. The molecule has 0 aromatic carbocycles. The van der Waals surface area contributed by atoms with E-state index in [1.165, 1.54) is 16.7 Å².